The van der Waals surface area contributed by atoms with Crippen LogP contribution in [-0.2, 0) is 13.0 Å². The standard InChI is InChI=1S/C14H21N5O/c1-4-14-15-13(17-20-14)9-18-6-5-12(8-18)19-11(3)7-10(2)16-19/h7,12H,4-6,8-9H2,1-3H3. The van der Waals surface area contributed by atoms with E-state index in [0.717, 1.165) is 44.0 Å². The molecule has 108 valence electrons. The smallest absolute Gasteiger partial charge is 0.226 e. The molecule has 1 atom stereocenters. The molecule has 1 saturated heterocycles. The van der Waals surface area contributed by atoms with Gasteiger partial charge < -0.3 is 4.52 Å². The van der Waals surface area contributed by atoms with Gasteiger partial charge in [-0.3, -0.25) is 9.58 Å². The lowest BCUT2D eigenvalue weighted by Crippen LogP contribution is -2.22. The van der Waals surface area contributed by atoms with E-state index in [4.69, 9.17) is 4.52 Å². The van der Waals surface area contributed by atoms with Gasteiger partial charge in [0.2, 0.25) is 5.89 Å². The van der Waals surface area contributed by atoms with Gasteiger partial charge in [-0.15, -0.1) is 0 Å². The second-order valence-corrected chi connectivity index (χ2v) is 5.51. The van der Waals surface area contributed by atoms with Crippen molar-refractivity contribution in [2.24, 2.45) is 0 Å². The van der Waals surface area contributed by atoms with Crippen LogP contribution in [0.3, 0.4) is 0 Å². The molecule has 0 spiro atoms. The number of hydrogen-bond acceptors (Lipinski definition) is 5. The molecule has 6 heteroatoms. The first-order valence-corrected chi connectivity index (χ1v) is 7.22. The highest BCUT2D eigenvalue weighted by Gasteiger charge is 2.26. The average molecular weight is 275 g/mol. The Bertz CT molecular complexity index is 588. The molecule has 0 amide bonds. The number of nitrogens with zero attached hydrogens (tertiary/aromatic N) is 5. The Hall–Kier alpha value is -1.69. The van der Waals surface area contributed by atoms with Crippen LogP contribution in [0.2, 0.25) is 0 Å². The number of likely N-dealkylation sites (tertiary alicyclic amines) is 1. The Labute approximate surface area is 118 Å². The minimum absolute atomic E-state index is 0.459. The number of hydrogen-bond donors (Lipinski definition) is 0. The lowest BCUT2D eigenvalue weighted by Gasteiger charge is -2.15. The maximum absolute atomic E-state index is 5.15. The maximum atomic E-state index is 5.15. The summed E-state index contributed by atoms with van der Waals surface area (Å²) in [6.45, 7) is 9.00. The fraction of sp³-hybridized carbons (Fsp3) is 0.643. The van der Waals surface area contributed by atoms with E-state index >= 15 is 0 Å². The van der Waals surface area contributed by atoms with Gasteiger partial charge in [-0.1, -0.05) is 12.1 Å². The molecule has 0 saturated carbocycles. The van der Waals surface area contributed by atoms with E-state index in [9.17, 15) is 0 Å². The first-order valence-electron chi connectivity index (χ1n) is 7.22. The van der Waals surface area contributed by atoms with Gasteiger partial charge >= 0.3 is 0 Å². The molecule has 3 rings (SSSR count). The third kappa shape index (κ3) is 2.60. The van der Waals surface area contributed by atoms with Crippen molar-refractivity contribution in [3.8, 4) is 0 Å². The highest BCUT2D eigenvalue weighted by molar-refractivity contribution is 5.08. The third-order valence-corrected chi connectivity index (χ3v) is 3.82. The zero-order valence-electron chi connectivity index (χ0n) is 12.3. The van der Waals surface area contributed by atoms with Gasteiger partial charge in [-0.2, -0.15) is 10.1 Å². The molecule has 0 aliphatic carbocycles. The predicted molar refractivity (Wildman–Crippen MR) is 74.3 cm³/mol. The van der Waals surface area contributed by atoms with Crippen LogP contribution >= 0.6 is 0 Å². The summed E-state index contributed by atoms with van der Waals surface area (Å²) in [5, 5.41) is 8.61. The lowest BCUT2D eigenvalue weighted by atomic mass is 10.2. The Kier molecular flexibility index (Phi) is 3.56. The highest BCUT2D eigenvalue weighted by Crippen LogP contribution is 2.23. The molecule has 2 aromatic rings. The SMILES string of the molecule is CCc1nc(CN2CCC(n3nc(C)cc3C)C2)no1. The van der Waals surface area contributed by atoms with Crippen molar-refractivity contribution in [3.63, 3.8) is 0 Å². The molecule has 1 fully saturated rings. The van der Waals surface area contributed by atoms with Gasteiger partial charge in [-0.25, -0.2) is 0 Å². The fourth-order valence-corrected chi connectivity index (χ4v) is 2.87. The summed E-state index contributed by atoms with van der Waals surface area (Å²) < 4.78 is 7.31. The van der Waals surface area contributed by atoms with Crippen molar-refractivity contribution in [2.75, 3.05) is 13.1 Å². The Balaban J connectivity index is 1.63. The molecule has 6 nitrogen and oxygen atoms in total. The van der Waals surface area contributed by atoms with Crippen molar-refractivity contribution in [2.45, 2.75) is 46.2 Å². The third-order valence-electron chi connectivity index (χ3n) is 3.82. The van der Waals surface area contributed by atoms with E-state index in [1.54, 1.807) is 0 Å². The zero-order chi connectivity index (χ0) is 14.1. The quantitative estimate of drug-likeness (QED) is 0.852. The van der Waals surface area contributed by atoms with Gasteiger partial charge in [0.15, 0.2) is 5.82 Å². The van der Waals surface area contributed by atoms with Crippen LogP contribution in [0.5, 0.6) is 0 Å². The largest absolute Gasteiger partial charge is 0.339 e. The molecule has 1 unspecified atom stereocenters. The minimum atomic E-state index is 0.459. The molecule has 1 aliphatic heterocycles. The summed E-state index contributed by atoms with van der Waals surface area (Å²) in [5.41, 5.74) is 2.33. The summed E-state index contributed by atoms with van der Waals surface area (Å²) in [6.07, 6.45) is 1.92. The molecule has 0 radical (unpaired) electrons. The molecule has 1 aliphatic rings. The average Bonchev–Trinajstić information content (AvgIpc) is 3.11. The van der Waals surface area contributed by atoms with E-state index in [-0.39, 0.29) is 0 Å². The van der Waals surface area contributed by atoms with E-state index in [1.807, 2.05) is 13.8 Å². The van der Waals surface area contributed by atoms with Crippen molar-refractivity contribution in [1.82, 2.24) is 24.8 Å². The monoisotopic (exact) mass is 275 g/mol. The summed E-state index contributed by atoms with van der Waals surface area (Å²) in [5.74, 6) is 1.50. The lowest BCUT2D eigenvalue weighted by molar-refractivity contribution is 0.294. The highest BCUT2D eigenvalue weighted by atomic mass is 16.5. The summed E-state index contributed by atoms with van der Waals surface area (Å²) in [6, 6.07) is 2.59. The van der Waals surface area contributed by atoms with Crippen LogP contribution in [0, 0.1) is 13.8 Å². The first kappa shape index (κ1) is 13.3. The van der Waals surface area contributed by atoms with Crippen LogP contribution in [0.25, 0.3) is 0 Å². The van der Waals surface area contributed by atoms with Crippen molar-refractivity contribution >= 4 is 0 Å². The van der Waals surface area contributed by atoms with Gasteiger partial charge in [0.1, 0.15) is 0 Å². The zero-order valence-corrected chi connectivity index (χ0v) is 12.3. The van der Waals surface area contributed by atoms with Crippen molar-refractivity contribution in [3.05, 3.63) is 29.2 Å². The molecule has 2 aromatic heterocycles. The van der Waals surface area contributed by atoms with E-state index in [0.29, 0.717) is 11.9 Å². The molecule has 0 bridgehead atoms. The molecule has 0 aromatic carbocycles. The van der Waals surface area contributed by atoms with Crippen LogP contribution in [-0.4, -0.2) is 37.9 Å². The summed E-state index contributed by atoms with van der Waals surface area (Å²) in [4.78, 5) is 6.74. The number of rotatable bonds is 4. The second kappa shape index (κ2) is 5.36. The summed E-state index contributed by atoms with van der Waals surface area (Å²) in [7, 11) is 0. The van der Waals surface area contributed by atoms with E-state index < -0.39 is 0 Å². The van der Waals surface area contributed by atoms with Gasteiger partial charge in [0, 0.05) is 25.2 Å². The Morgan fingerprint density at radius 1 is 1.40 bits per heavy atom. The van der Waals surface area contributed by atoms with Crippen molar-refractivity contribution < 1.29 is 4.52 Å². The van der Waals surface area contributed by atoms with Gasteiger partial charge in [-0.05, 0) is 26.3 Å². The Morgan fingerprint density at radius 2 is 2.25 bits per heavy atom. The number of aryl methyl sites for hydroxylation is 3. The minimum Gasteiger partial charge on any atom is -0.339 e. The fourth-order valence-electron chi connectivity index (χ4n) is 2.87. The first-order chi connectivity index (χ1) is 9.65. The van der Waals surface area contributed by atoms with Crippen LogP contribution < -0.4 is 0 Å². The predicted octanol–water partition coefficient (Wildman–Crippen LogP) is 1.89. The maximum Gasteiger partial charge on any atom is 0.226 e. The molecular weight excluding hydrogens is 254 g/mol. The second-order valence-electron chi connectivity index (χ2n) is 5.51. The molecule has 0 N–H and O–H groups in total. The topological polar surface area (TPSA) is 60.0 Å². The van der Waals surface area contributed by atoms with E-state index in [1.165, 1.54) is 5.69 Å². The van der Waals surface area contributed by atoms with Gasteiger partial charge in [0.05, 0.1) is 18.3 Å². The van der Waals surface area contributed by atoms with Crippen LogP contribution in [0.1, 0.15) is 42.5 Å². The van der Waals surface area contributed by atoms with Crippen molar-refractivity contribution in [1.29, 1.82) is 0 Å². The Morgan fingerprint density at radius 3 is 2.90 bits per heavy atom. The molecular formula is C14H21N5O. The summed E-state index contributed by atoms with van der Waals surface area (Å²) >= 11 is 0. The van der Waals surface area contributed by atoms with Gasteiger partial charge in [0.25, 0.3) is 0 Å². The normalized spacial score (nSPS) is 19.9. The van der Waals surface area contributed by atoms with Crippen LogP contribution in [0.15, 0.2) is 10.6 Å². The molecule has 20 heavy (non-hydrogen) atoms. The number of aromatic nitrogens is 4. The van der Waals surface area contributed by atoms with E-state index in [2.05, 4.69) is 37.8 Å². The van der Waals surface area contributed by atoms with Crippen LogP contribution in [0.4, 0.5) is 0 Å². The molecule has 3 heterocycles.